The molecular formula is C20H24ClN3O. The third-order valence-corrected chi connectivity index (χ3v) is 5.22. The number of benzene rings is 1. The van der Waals surface area contributed by atoms with Crippen LogP contribution in [0.15, 0.2) is 48.8 Å². The van der Waals surface area contributed by atoms with E-state index in [4.69, 9.17) is 11.6 Å². The van der Waals surface area contributed by atoms with Crippen molar-refractivity contribution in [3.63, 3.8) is 0 Å². The number of nitrogens with zero attached hydrogens (tertiary/aromatic N) is 2. The van der Waals surface area contributed by atoms with Crippen LogP contribution in [0.3, 0.4) is 0 Å². The fraction of sp³-hybridized carbons (Fsp3) is 0.400. The Morgan fingerprint density at radius 1 is 1.08 bits per heavy atom. The Morgan fingerprint density at radius 2 is 1.64 bits per heavy atom. The number of halogens is 1. The summed E-state index contributed by atoms with van der Waals surface area (Å²) in [5.41, 5.74) is 1.47. The van der Waals surface area contributed by atoms with E-state index < -0.39 is 5.54 Å². The van der Waals surface area contributed by atoms with Gasteiger partial charge in [0.15, 0.2) is 0 Å². The summed E-state index contributed by atoms with van der Waals surface area (Å²) in [6, 6.07) is 11.2. The molecule has 0 spiro atoms. The lowest BCUT2D eigenvalue weighted by molar-refractivity contribution is -0.131. The molecule has 1 amide bonds. The largest absolute Gasteiger partial charge is 0.344 e. The maximum Gasteiger partial charge on any atom is 0.240 e. The summed E-state index contributed by atoms with van der Waals surface area (Å²) < 4.78 is 0. The van der Waals surface area contributed by atoms with Crippen LogP contribution in [-0.4, -0.2) is 34.4 Å². The van der Waals surface area contributed by atoms with Crippen LogP contribution in [0.1, 0.15) is 43.9 Å². The molecule has 132 valence electrons. The van der Waals surface area contributed by atoms with Crippen LogP contribution in [0.4, 0.5) is 0 Å². The third-order valence-electron chi connectivity index (χ3n) is 4.97. The van der Waals surface area contributed by atoms with Crippen molar-refractivity contribution in [2.75, 3.05) is 13.1 Å². The Morgan fingerprint density at radius 3 is 2.24 bits per heavy atom. The van der Waals surface area contributed by atoms with Gasteiger partial charge >= 0.3 is 0 Å². The van der Waals surface area contributed by atoms with Crippen LogP contribution < -0.4 is 5.32 Å². The number of carbonyl (C=O) groups is 1. The van der Waals surface area contributed by atoms with Crippen molar-refractivity contribution in [3.05, 3.63) is 64.9 Å². The summed E-state index contributed by atoms with van der Waals surface area (Å²) in [4.78, 5) is 19.4. The molecule has 0 bridgehead atoms. The molecule has 0 aliphatic carbocycles. The Kier molecular flexibility index (Phi) is 5.40. The average Bonchev–Trinajstić information content (AvgIpc) is 3.16. The van der Waals surface area contributed by atoms with Gasteiger partial charge in [-0.15, -0.1) is 0 Å². The summed E-state index contributed by atoms with van der Waals surface area (Å²) in [5.74, 6) is 0.0335. The predicted molar refractivity (Wildman–Crippen MR) is 101 cm³/mol. The number of likely N-dealkylation sites (tertiary alicyclic amines) is 1. The van der Waals surface area contributed by atoms with Crippen LogP contribution in [0.2, 0.25) is 5.02 Å². The highest BCUT2D eigenvalue weighted by molar-refractivity contribution is 6.30. The molecule has 0 saturated carbocycles. The first-order chi connectivity index (χ1) is 12.0. The second-order valence-electron chi connectivity index (χ2n) is 6.99. The van der Waals surface area contributed by atoms with Gasteiger partial charge in [0.05, 0.1) is 11.6 Å². The molecule has 0 unspecified atom stereocenters. The monoisotopic (exact) mass is 357 g/mol. The molecule has 2 aromatic rings. The van der Waals surface area contributed by atoms with Crippen molar-refractivity contribution in [2.45, 2.75) is 38.3 Å². The van der Waals surface area contributed by atoms with Crippen molar-refractivity contribution < 1.29 is 4.79 Å². The highest BCUT2D eigenvalue weighted by atomic mass is 35.5. The van der Waals surface area contributed by atoms with Gasteiger partial charge in [0.2, 0.25) is 5.91 Å². The van der Waals surface area contributed by atoms with Gasteiger partial charge in [0.25, 0.3) is 0 Å². The normalized spacial score (nSPS) is 16.6. The van der Waals surface area contributed by atoms with E-state index in [2.05, 4.69) is 15.2 Å². The summed E-state index contributed by atoms with van der Waals surface area (Å²) in [6.07, 6.45) is 5.80. The number of hydrogen-bond donors (Lipinski definition) is 1. The SMILES string of the molecule is CC(C)(C(=O)N[C@H](c1ccncc1)c1ccc(Cl)cc1)N1CCCC1. The van der Waals surface area contributed by atoms with E-state index in [0.29, 0.717) is 5.02 Å². The molecule has 25 heavy (non-hydrogen) atoms. The number of nitrogens with one attached hydrogen (secondary N) is 1. The molecule has 1 aromatic carbocycles. The zero-order valence-electron chi connectivity index (χ0n) is 14.7. The molecule has 1 N–H and O–H groups in total. The maximum absolute atomic E-state index is 13.1. The zero-order valence-corrected chi connectivity index (χ0v) is 15.5. The molecule has 4 nitrogen and oxygen atoms in total. The minimum absolute atomic E-state index is 0.0335. The van der Waals surface area contributed by atoms with E-state index in [1.165, 1.54) is 0 Å². The highest BCUT2D eigenvalue weighted by Gasteiger charge is 2.37. The molecule has 1 saturated heterocycles. The number of carbonyl (C=O) groups excluding carboxylic acids is 1. The van der Waals surface area contributed by atoms with Gasteiger partial charge in [-0.05, 0) is 75.2 Å². The first kappa shape index (κ1) is 17.9. The molecule has 1 atom stereocenters. The molecule has 2 heterocycles. The van der Waals surface area contributed by atoms with Gasteiger partial charge in [0.1, 0.15) is 0 Å². The number of hydrogen-bond acceptors (Lipinski definition) is 3. The lowest BCUT2D eigenvalue weighted by Gasteiger charge is -2.35. The lowest BCUT2D eigenvalue weighted by atomic mass is 9.96. The lowest BCUT2D eigenvalue weighted by Crippen LogP contribution is -2.54. The van der Waals surface area contributed by atoms with Crippen LogP contribution in [0.5, 0.6) is 0 Å². The van der Waals surface area contributed by atoms with E-state index >= 15 is 0 Å². The van der Waals surface area contributed by atoms with Crippen molar-refractivity contribution in [1.29, 1.82) is 0 Å². The van der Waals surface area contributed by atoms with E-state index in [1.807, 2.05) is 50.2 Å². The van der Waals surface area contributed by atoms with Crippen LogP contribution in [0.25, 0.3) is 0 Å². The van der Waals surface area contributed by atoms with Gasteiger partial charge in [-0.2, -0.15) is 0 Å². The van der Waals surface area contributed by atoms with Crippen molar-refractivity contribution >= 4 is 17.5 Å². The van der Waals surface area contributed by atoms with Crippen molar-refractivity contribution in [3.8, 4) is 0 Å². The van der Waals surface area contributed by atoms with Gasteiger partial charge in [0, 0.05) is 17.4 Å². The van der Waals surface area contributed by atoms with Crippen molar-refractivity contribution in [1.82, 2.24) is 15.2 Å². The van der Waals surface area contributed by atoms with Crippen molar-refractivity contribution in [2.24, 2.45) is 0 Å². The van der Waals surface area contributed by atoms with E-state index in [1.54, 1.807) is 12.4 Å². The fourth-order valence-electron chi connectivity index (χ4n) is 3.30. The molecule has 1 aliphatic heterocycles. The smallest absolute Gasteiger partial charge is 0.240 e. The quantitative estimate of drug-likeness (QED) is 0.884. The summed E-state index contributed by atoms with van der Waals surface area (Å²) in [7, 11) is 0. The van der Waals surface area contributed by atoms with Crippen LogP contribution in [0, 0.1) is 0 Å². The first-order valence-electron chi connectivity index (χ1n) is 8.70. The molecule has 1 fully saturated rings. The molecule has 5 heteroatoms. The minimum atomic E-state index is -0.534. The summed E-state index contributed by atoms with van der Waals surface area (Å²) in [5, 5.41) is 3.92. The Labute approximate surface area is 154 Å². The number of pyridine rings is 1. The number of rotatable bonds is 5. The van der Waals surface area contributed by atoms with Gasteiger partial charge in [-0.25, -0.2) is 0 Å². The summed E-state index contributed by atoms with van der Waals surface area (Å²) in [6.45, 7) is 5.95. The molecule has 0 radical (unpaired) electrons. The van der Waals surface area contributed by atoms with Gasteiger partial charge in [-0.3, -0.25) is 14.7 Å². The number of amides is 1. The van der Waals surface area contributed by atoms with E-state index in [0.717, 1.165) is 37.1 Å². The Bertz CT molecular complexity index is 709. The Hall–Kier alpha value is -1.91. The second kappa shape index (κ2) is 7.54. The van der Waals surface area contributed by atoms with Crippen LogP contribution >= 0.6 is 11.6 Å². The zero-order chi connectivity index (χ0) is 17.9. The first-order valence-corrected chi connectivity index (χ1v) is 9.07. The third kappa shape index (κ3) is 4.02. The molecule has 3 rings (SSSR count). The van der Waals surface area contributed by atoms with E-state index in [9.17, 15) is 4.79 Å². The Balaban J connectivity index is 1.87. The molecule has 1 aliphatic rings. The van der Waals surface area contributed by atoms with E-state index in [-0.39, 0.29) is 11.9 Å². The van der Waals surface area contributed by atoms with Gasteiger partial charge in [-0.1, -0.05) is 23.7 Å². The topological polar surface area (TPSA) is 45.2 Å². The van der Waals surface area contributed by atoms with Crippen LogP contribution in [-0.2, 0) is 4.79 Å². The standard InChI is InChI=1S/C20H24ClN3O/c1-20(2,24-13-3-4-14-24)19(25)23-18(16-9-11-22-12-10-16)15-5-7-17(21)8-6-15/h5-12,18H,3-4,13-14H2,1-2H3,(H,23,25)/t18-/m0/s1. The minimum Gasteiger partial charge on any atom is -0.344 e. The molecule has 1 aromatic heterocycles. The second-order valence-corrected chi connectivity index (χ2v) is 7.43. The average molecular weight is 358 g/mol. The highest BCUT2D eigenvalue weighted by Crippen LogP contribution is 2.26. The van der Waals surface area contributed by atoms with Gasteiger partial charge < -0.3 is 5.32 Å². The number of aromatic nitrogens is 1. The summed E-state index contributed by atoms with van der Waals surface area (Å²) >= 11 is 6.02. The fourth-order valence-corrected chi connectivity index (χ4v) is 3.42. The molecular weight excluding hydrogens is 334 g/mol. The predicted octanol–water partition coefficient (Wildman–Crippen LogP) is 3.82. The maximum atomic E-state index is 13.1.